The Balaban J connectivity index is 1.50. The van der Waals surface area contributed by atoms with E-state index in [-0.39, 0.29) is 23.7 Å². The molecule has 1 amide bonds. The van der Waals surface area contributed by atoms with E-state index in [1.165, 1.54) is 19.1 Å². The molecule has 0 unspecified atom stereocenters. The van der Waals surface area contributed by atoms with Gasteiger partial charge in [0.15, 0.2) is 5.65 Å². The molecular weight excluding hydrogens is 466 g/mol. The predicted molar refractivity (Wildman–Crippen MR) is 134 cm³/mol. The molecule has 1 saturated carbocycles. The summed E-state index contributed by atoms with van der Waals surface area (Å²) in [7, 11) is 0. The van der Waals surface area contributed by atoms with Gasteiger partial charge in [-0.2, -0.15) is 4.98 Å². The van der Waals surface area contributed by atoms with Crippen LogP contribution >= 0.6 is 0 Å². The number of amides is 1. The number of nitrogens with two attached hydrogens (primary N) is 1. The average molecular weight is 493 g/mol. The number of nitrogens with zero attached hydrogens (tertiary/aromatic N) is 4. The molecule has 9 nitrogen and oxygen atoms in total. The van der Waals surface area contributed by atoms with Crippen molar-refractivity contribution in [3.05, 3.63) is 60.3 Å². The standard InChI is InChI=1S/C25H26F2N8O/c1-14(36)30-17-7-9-19(10-8-17)35-23-22(33-25(35)32-21-11-2-15(26)12-20(21)27)13-29-24(34-23)31-18-5-3-16(28)4-6-18/h2-6,11-13,17,19H,7-10,28H2,1H3,(H,30,36)(H,32,33)(H,29,31,34)/t17-,19-. The van der Waals surface area contributed by atoms with Crippen molar-refractivity contribution in [1.82, 2.24) is 24.8 Å². The van der Waals surface area contributed by atoms with Crippen LogP contribution in [0.3, 0.4) is 0 Å². The fraction of sp³-hybridized carbons (Fsp3) is 0.280. The minimum atomic E-state index is -0.722. The highest BCUT2D eigenvalue weighted by molar-refractivity contribution is 5.77. The second kappa shape index (κ2) is 9.76. The molecule has 0 aliphatic heterocycles. The molecule has 1 fully saturated rings. The van der Waals surface area contributed by atoms with Gasteiger partial charge in [-0.1, -0.05) is 0 Å². The Labute approximate surface area is 206 Å². The SMILES string of the molecule is CC(=O)N[C@H]1CC[C@H](n2c(Nc3ccc(F)cc3F)nc3cnc(Nc4ccc(N)cc4)nc32)CC1. The summed E-state index contributed by atoms with van der Waals surface area (Å²) in [6, 6.07) is 10.7. The van der Waals surface area contributed by atoms with Crippen LogP contribution in [0, 0.1) is 11.6 Å². The summed E-state index contributed by atoms with van der Waals surface area (Å²) in [6.07, 6.45) is 4.71. The lowest BCUT2D eigenvalue weighted by Gasteiger charge is -2.30. The van der Waals surface area contributed by atoms with Gasteiger partial charge in [-0.05, 0) is 62.1 Å². The minimum Gasteiger partial charge on any atom is -0.399 e. The number of rotatable bonds is 6. The van der Waals surface area contributed by atoms with E-state index in [1.54, 1.807) is 18.3 Å². The van der Waals surface area contributed by atoms with Gasteiger partial charge in [-0.15, -0.1) is 0 Å². The fourth-order valence-corrected chi connectivity index (χ4v) is 4.56. The Bertz CT molecular complexity index is 1400. The second-order valence-electron chi connectivity index (χ2n) is 8.91. The first-order valence-electron chi connectivity index (χ1n) is 11.7. The Morgan fingerprint density at radius 2 is 1.78 bits per heavy atom. The average Bonchev–Trinajstić information content (AvgIpc) is 3.20. The smallest absolute Gasteiger partial charge is 0.229 e. The zero-order chi connectivity index (χ0) is 25.2. The molecule has 2 heterocycles. The number of benzene rings is 2. The molecular formula is C25H26F2N8O. The van der Waals surface area contributed by atoms with Gasteiger partial charge in [0.1, 0.15) is 17.2 Å². The highest BCUT2D eigenvalue weighted by Gasteiger charge is 2.27. The lowest BCUT2D eigenvalue weighted by atomic mass is 9.91. The van der Waals surface area contributed by atoms with Crippen LogP contribution in [-0.4, -0.2) is 31.5 Å². The lowest BCUT2D eigenvalue weighted by Crippen LogP contribution is -2.36. The number of nitrogens with one attached hydrogen (secondary N) is 3. The van der Waals surface area contributed by atoms with Crippen LogP contribution in [0.1, 0.15) is 38.6 Å². The maximum absolute atomic E-state index is 14.4. The van der Waals surface area contributed by atoms with Crippen LogP contribution in [0.2, 0.25) is 0 Å². The van der Waals surface area contributed by atoms with Crippen molar-refractivity contribution >= 4 is 46.0 Å². The molecule has 5 rings (SSSR count). The van der Waals surface area contributed by atoms with Crippen molar-refractivity contribution in [2.75, 3.05) is 16.4 Å². The number of aromatic nitrogens is 4. The van der Waals surface area contributed by atoms with E-state index < -0.39 is 11.6 Å². The molecule has 186 valence electrons. The summed E-state index contributed by atoms with van der Waals surface area (Å²) < 4.78 is 29.8. The number of anilines is 5. The normalized spacial score (nSPS) is 17.6. The van der Waals surface area contributed by atoms with Gasteiger partial charge in [0.25, 0.3) is 0 Å². The largest absolute Gasteiger partial charge is 0.399 e. The van der Waals surface area contributed by atoms with E-state index in [0.29, 0.717) is 28.7 Å². The zero-order valence-electron chi connectivity index (χ0n) is 19.6. The van der Waals surface area contributed by atoms with Crippen molar-refractivity contribution in [3.63, 3.8) is 0 Å². The molecule has 0 radical (unpaired) electrons. The quantitative estimate of drug-likeness (QED) is 0.285. The van der Waals surface area contributed by atoms with Crippen molar-refractivity contribution < 1.29 is 13.6 Å². The number of fused-ring (bicyclic) bond motifs is 1. The summed E-state index contributed by atoms with van der Waals surface area (Å²) in [5.41, 5.74) is 8.41. The number of nitrogen functional groups attached to an aromatic ring is 1. The molecule has 0 saturated heterocycles. The Kier molecular flexibility index (Phi) is 6.36. The van der Waals surface area contributed by atoms with Crippen molar-refractivity contribution in [2.45, 2.75) is 44.7 Å². The van der Waals surface area contributed by atoms with Crippen molar-refractivity contribution in [1.29, 1.82) is 0 Å². The molecule has 1 aliphatic carbocycles. The third kappa shape index (κ3) is 5.04. The first-order chi connectivity index (χ1) is 17.4. The van der Waals surface area contributed by atoms with Gasteiger partial charge in [-0.25, -0.2) is 18.7 Å². The summed E-state index contributed by atoms with van der Waals surface area (Å²) in [4.78, 5) is 25.2. The summed E-state index contributed by atoms with van der Waals surface area (Å²) >= 11 is 0. The van der Waals surface area contributed by atoms with Gasteiger partial charge in [0.2, 0.25) is 17.8 Å². The topological polar surface area (TPSA) is 123 Å². The highest BCUT2D eigenvalue weighted by Crippen LogP contribution is 2.35. The van der Waals surface area contributed by atoms with E-state index in [1.807, 2.05) is 16.7 Å². The number of halogens is 2. The van der Waals surface area contributed by atoms with Gasteiger partial charge < -0.3 is 21.7 Å². The number of hydrogen-bond acceptors (Lipinski definition) is 7. The number of hydrogen-bond donors (Lipinski definition) is 4. The van der Waals surface area contributed by atoms with E-state index in [9.17, 15) is 13.6 Å². The first-order valence-corrected chi connectivity index (χ1v) is 11.7. The van der Waals surface area contributed by atoms with E-state index in [2.05, 4.69) is 25.9 Å². The Morgan fingerprint density at radius 3 is 2.47 bits per heavy atom. The molecule has 2 aromatic heterocycles. The molecule has 0 spiro atoms. The summed E-state index contributed by atoms with van der Waals surface area (Å²) in [6.45, 7) is 1.52. The van der Waals surface area contributed by atoms with Crippen molar-refractivity contribution in [2.24, 2.45) is 0 Å². The molecule has 0 bridgehead atoms. The van der Waals surface area contributed by atoms with E-state index in [0.717, 1.165) is 37.4 Å². The summed E-state index contributed by atoms with van der Waals surface area (Å²) in [5.74, 6) is -0.670. The molecule has 1 aliphatic rings. The zero-order valence-corrected chi connectivity index (χ0v) is 19.6. The van der Waals surface area contributed by atoms with Gasteiger partial charge in [-0.3, -0.25) is 9.36 Å². The van der Waals surface area contributed by atoms with E-state index in [4.69, 9.17) is 10.7 Å². The van der Waals surface area contributed by atoms with E-state index >= 15 is 0 Å². The first kappa shape index (κ1) is 23.5. The van der Waals surface area contributed by atoms with Crippen LogP contribution in [0.4, 0.5) is 37.7 Å². The molecule has 11 heteroatoms. The maximum Gasteiger partial charge on any atom is 0.229 e. The third-order valence-corrected chi connectivity index (χ3v) is 6.25. The third-order valence-electron chi connectivity index (χ3n) is 6.25. The highest BCUT2D eigenvalue weighted by atomic mass is 19.1. The van der Waals surface area contributed by atoms with Gasteiger partial charge in [0, 0.05) is 36.4 Å². The molecule has 4 aromatic rings. The van der Waals surface area contributed by atoms with Gasteiger partial charge >= 0.3 is 0 Å². The predicted octanol–water partition coefficient (Wildman–Crippen LogP) is 4.79. The molecule has 0 atom stereocenters. The van der Waals surface area contributed by atoms with Crippen LogP contribution in [-0.2, 0) is 4.79 Å². The number of carbonyl (C=O) groups is 1. The minimum absolute atomic E-state index is 0.00490. The second-order valence-corrected chi connectivity index (χ2v) is 8.91. The van der Waals surface area contributed by atoms with Crippen LogP contribution < -0.4 is 21.7 Å². The lowest BCUT2D eigenvalue weighted by molar-refractivity contribution is -0.119. The summed E-state index contributed by atoms with van der Waals surface area (Å²) in [5, 5.41) is 9.16. The van der Waals surface area contributed by atoms with Crippen LogP contribution in [0.15, 0.2) is 48.7 Å². The van der Waals surface area contributed by atoms with Crippen molar-refractivity contribution in [3.8, 4) is 0 Å². The number of imidazole rings is 1. The van der Waals surface area contributed by atoms with Crippen LogP contribution in [0.5, 0.6) is 0 Å². The number of carbonyl (C=O) groups excluding carboxylic acids is 1. The Morgan fingerprint density at radius 1 is 1.03 bits per heavy atom. The van der Waals surface area contributed by atoms with Gasteiger partial charge in [0.05, 0.1) is 11.9 Å². The maximum atomic E-state index is 14.4. The molecule has 36 heavy (non-hydrogen) atoms. The molecule has 2 aromatic carbocycles. The Hall–Kier alpha value is -4.28. The molecule has 5 N–H and O–H groups in total. The fourth-order valence-electron chi connectivity index (χ4n) is 4.56. The monoisotopic (exact) mass is 492 g/mol. The van der Waals surface area contributed by atoms with Crippen LogP contribution in [0.25, 0.3) is 11.2 Å².